The average molecular weight is 177 g/mol. The van der Waals surface area contributed by atoms with E-state index < -0.39 is 0 Å². The van der Waals surface area contributed by atoms with Crippen molar-refractivity contribution in [1.29, 1.82) is 0 Å². The van der Waals surface area contributed by atoms with E-state index in [1.165, 1.54) is 11.6 Å². The maximum Gasteiger partial charge on any atom is 0.123 e. The van der Waals surface area contributed by atoms with Crippen molar-refractivity contribution in [2.45, 2.75) is 6.42 Å². The quantitative estimate of drug-likeness (QED) is 0.693. The van der Waals surface area contributed by atoms with E-state index in [0.29, 0.717) is 0 Å². The largest absolute Gasteiger partial charge is 0.313 e. The molecule has 1 saturated heterocycles. The average Bonchev–Trinajstić information content (AvgIpc) is 2.57. The number of benzene rings is 1. The number of hydrogen-bond acceptors (Lipinski definition) is 1. The second kappa shape index (κ2) is 3.71. The molecule has 2 heteroatoms. The van der Waals surface area contributed by atoms with Crippen LogP contribution in [0.25, 0.3) is 6.08 Å². The first kappa shape index (κ1) is 8.45. The third kappa shape index (κ3) is 2.16. The predicted molar refractivity (Wildman–Crippen MR) is 51.9 cm³/mol. The molecule has 0 spiro atoms. The van der Waals surface area contributed by atoms with Gasteiger partial charge in [-0.05, 0) is 30.7 Å². The van der Waals surface area contributed by atoms with Crippen molar-refractivity contribution < 1.29 is 4.39 Å². The van der Waals surface area contributed by atoms with Gasteiger partial charge in [-0.25, -0.2) is 4.39 Å². The summed E-state index contributed by atoms with van der Waals surface area (Å²) in [4.78, 5) is 0. The van der Waals surface area contributed by atoms with Crippen LogP contribution in [0.3, 0.4) is 0 Å². The van der Waals surface area contributed by atoms with Gasteiger partial charge in [-0.3, -0.25) is 0 Å². The van der Waals surface area contributed by atoms with Crippen LogP contribution >= 0.6 is 0 Å². The molecule has 13 heavy (non-hydrogen) atoms. The molecule has 1 N–H and O–H groups in total. The molecule has 1 fully saturated rings. The minimum absolute atomic E-state index is 0.166. The predicted octanol–water partition coefficient (Wildman–Crippen LogP) is 2.20. The van der Waals surface area contributed by atoms with Crippen molar-refractivity contribution in [3.63, 3.8) is 0 Å². The van der Waals surface area contributed by atoms with Crippen molar-refractivity contribution in [1.82, 2.24) is 5.32 Å². The fourth-order valence-electron chi connectivity index (χ4n) is 1.54. The lowest BCUT2D eigenvalue weighted by Gasteiger charge is -1.96. The van der Waals surface area contributed by atoms with Gasteiger partial charge in [0.2, 0.25) is 0 Å². The van der Waals surface area contributed by atoms with Crippen LogP contribution in [0.15, 0.2) is 29.8 Å². The van der Waals surface area contributed by atoms with E-state index in [1.807, 2.05) is 6.07 Å². The summed E-state index contributed by atoms with van der Waals surface area (Å²) in [5.41, 5.74) is 2.31. The molecule has 1 aliphatic rings. The van der Waals surface area contributed by atoms with Crippen LogP contribution in [0, 0.1) is 5.82 Å². The fraction of sp³-hybridized carbons (Fsp3) is 0.273. The number of rotatable bonds is 1. The van der Waals surface area contributed by atoms with Crippen LogP contribution in [0.1, 0.15) is 12.0 Å². The Kier molecular flexibility index (Phi) is 2.41. The maximum absolute atomic E-state index is 12.8. The summed E-state index contributed by atoms with van der Waals surface area (Å²) < 4.78 is 12.8. The Morgan fingerprint density at radius 1 is 1.38 bits per heavy atom. The summed E-state index contributed by atoms with van der Waals surface area (Å²) in [6, 6.07) is 6.69. The first-order valence-corrected chi connectivity index (χ1v) is 4.50. The Labute approximate surface area is 77.3 Å². The maximum atomic E-state index is 12.8. The third-order valence-corrected chi connectivity index (χ3v) is 2.19. The molecule has 0 aromatic heterocycles. The summed E-state index contributed by atoms with van der Waals surface area (Å²) >= 11 is 0. The van der Waals surface area contributed by atoms with Gasteiger partial charge in [0.15, 0.2) is 0 Å². The van der Waals surface area contributed by atoms with E-state index in [4.69, 9.17) is 0 Å². The zero-order valence-electron chi connectivity index (χ0n) is 7.39. The minimum atomic E-state index is -0.166. The van der Waals surface area contributed by atoms with Gasteiger partial charge in [0, 0.05) is 6.54 Å². The lowest BCUT2D eigenvalue weighted by molar-refractivity contribution is 0.627. The van der Waals surface area contributed by atoms with Gasteiger partial charge in [0.05, 0.1) is 0 Å². The number of hydrogen-bond donors (Lipinski definition) is 1. The molecule has 1 aromatic rings. The van der Waals surface area contributed by atoms with E-state index >= 15 is 0 Å². The van der Waals surface area contributed by atoms with Gasteiger partial charge in [0.25, 0.3) is 0 Å². The van der Waals surface area contributed by atoms with Crippen LogP contribution < -0.4 is 5.32 Å². The topological polar surface area (TPSA) is 12.0 Å². The molecule has 0 radical (unpaired) electrons. The van der Waals surface area contributed by atoms with E-state index in [9.17, 15) is 4.39 Å². The number of halogens is 1. The molecule has 0 unspecified atom stereocenters. The molecule has 1 nitrogen and oxygen atoms in total. The van der Waals surface area contributed by atoms with Crippen LogP contribution in [0.2, 0.25) is 0 Å². The van der Waals surface area contributed by atoms with Gasteiger partial charge in [-0.1, -0.05) is 23.8 Å². The van der Waals surface area contributed by atoms with E-state index in [0.717, 1.165) is 25.1 Å². The standard InChI is InChI=1S/C11H12FN/c12-11-3-1-2-9(7-11)6-10-4-5-13-8-10/h1-3,6-7,13H,4-5,8H2/b10-6-. The van der Waals surface area contributed by atoms with E-state index in [1.54, 1.807) is 12.1 Å². The Morgan fingerprint density at radius 2 is 2.31 bits per heavy atom. The first-order valence-electron chi connectivity index (χ1n) is 4.50. The smallest absolute Gasteiger partial charge is 0.123 e. The molecule has 1 aromatic carbocycles. The summed E-state index contributed by atoms with van der Waals surface area (Å²) in [6.45, 7) is 1.98. The SMILES string of the molecule is Fc1cccc(/C=C2/CCNC2)c1. The van der Waals surface area contributed by atoms with Crippen molar-refractivity contribution in [2.75, 3.05) is 13.1 Å². The van der Waals surface area contributed by atoms with Crippen LogP contribution in [-0.2, 0) is 0 Å². The Morgan fingerprint density at radius 3 is 3.00 bits per heavy atom. The van der Waals surface area contributed by atoms with Gasteiger partial charge in [-0.15, -0.1) is 0 Å². The first-order chi connectivity index (χ1) is 6.34. The highest BCUT2D eigenvalue weighted by molar-refractivity contribution is 5.53. The highest BCUT2D eigenvalue weighted by Gasteiger charge is 2.04. The normalized spacial score (nSPS) is 19.6. The Hall–Kier alpha value is -1.15. The van der Waals surface area contributed by atoms with Crippen molar-refractivity contribution in [3.05, 3.63) is 41.2 Å². The van der Waals surface area contributed by atoms with E-state index in [2.05, 4.69) is 11.4 Å². The van der Waals surface area contributed by atoms with Gasteiger partial charge >= 0.3 is 0 Å². The second-order valence-electron chi connectivity index (χ2n) is 3.28. The van der Waals surface area contributed by atoms with Crippen LogP contribution in [0.4, 0.5) is 4.39 Å². The van der Waals surface area contributed by atoms with E-state index in [-0.39, 0.29) is 5.82 Å². The summed E-state index contributed by atoms with van der Waals surface area (Å²) in [7, 11) is 0. The molecule has 0 atom stereocenters. The van der Waals surface area contributed by atoms with Crippen LogP contribution in [-0.4, -0.2) is 13.1 Å². The third-order valence-electron chi connectivity index (χ3n) is 2.19. The lowest BCUT2D eigenvalue weighted by atomic mass is 10.1. The van der Waals surface area contributed by atoms with Crippen molar-refractivity contribution >= 4 is 6.08 Å². The molecular formula is C11H12FN. The van der Waals surface area contributed by atoms with Gasteiger partial charge < -0.3 is 5.32 Å². The minimum Gasteiger partial charge on any atom is -0.313 e. The van der Waals surface area contributed by atoms with Gasteiger partial charge in [0.1, 0.15) is 5.82 Å². The highest BCUT2D eigenvalue weighted by atomic mass is 19.1. The molecule has 0 saturated carbocycles. The molecular weight excluding hydrogens is 165 g/mol. The molecule has 0 amide bonds. The second-order valence-corrected chi connectivity index (χ2v) is 3.28. The summed E-state index contributed by atoms with van der Waals surface area (Å²) in [5.74, 6) is -0.166. The van der Waals surface area contributed by atoms with Gasteiger partial charge in [-0.2, -0.15) is 0 Å². The monoisotopic (exact) mass is 177 g/mol. The molecule has 0 bridgehead atoms. The Balaban J connectivity index is 2.21. The van der Waals surface area contributed by atoms with Crippen LogP contribution in [0.5, 0.6) is 0 Å². The van der Waals surface area contributed by atoms with Crippen molar-refractivity contribution in [2.24, 2.45) is 0 Å². The molecule has 0 aliphatic carbocycles. The molecule has 68 valence electrons. The Bertz CT molecular complexity index is 323. The molecule has 1 heterocycles. The summed E-state index contributed by atoms with van der Waals surface area (Å²) in [6.07, 6.45) is 3.14. The zero-order chi connectivity index (χ0) is 9.10. The fourth-order valence-corrected chi connectivity index (χ4v) is 1.54. The highest BCUT2D eigenvalue weighted by Crippen LogP contribution is 2.13. The lowest BCUT2D eigenvalue weighted by Crippen LogP contribution is -2.04. The zero-order valence-corrected chi connectivity index (χ0v) is 7.39. The number of nitrogens with one attached hydrogen (secondary N) is 1. The van der Waals surface area contributed by atoms with Crippen molar-refractivity contribution in [3.8, 4) is 0 Å². The molecule has 2 rings (SSSR count). The summed E-state index contributed by atoms with van der Waals surface area (Å²) in [5, 5.41) is 3.25. The molecule has 1 aliphatic heterocycles.